The molecule has 0 aliphatic carbocycles. The summed E-state index contributed by atoms with van der Waals surface area (Å²) in [6, 6.07) is 8.30. The smallest absolute Gasteiger partial charge is 0.123 e. The van der Waals surface area contributed by atoms with Crippen molar-refractivity contribution in [2.75, 3.05) is 0 Å². The summed E-state index contributed by atoms with van der Waals surface area (Å²) in [5.41, 5.74) is 2.69. The van der Waals surface area contributed by atoms with E-state index in [1.807, 2.05) is 12.3 Å². The number of hydrogen-bond donors (Lipinski definition) is 1. The maximum absolute atomic E-state index is 13.0. The van der Waals surface area contributed by atoms with Gasteiger partial charge in [0.2, 0.25) is 0 Å². The molecule has 0 spiro atoms. The molecule has 3 aromatic rings. The molecule has 120 valence electrons. The van der Waals surface area contributed by atoms with Gasteiger partial charge in [0.25, 0.3) is 0 Å². The molecule has 0 fully saturated rings. The van der Waals surface area contributed by atoms with Gasteiger partial charge in [0.15, 0.2) is 0 Å². The summed E-state index contributed by atoms with van der Waals surface area (Å²) in [6.45, 7) is 7.18. The lowest BCUT2D eigenvalue weighted by Gasteiger charge is -2.17. The van der Waals surface area contributed by atoms with Crippen LogP contribution in [0.4, 0.5) is 4.39 Å². The van der Waals surface area contributed by atoms with Crippen LogP contribution < -0.4 is 4.72 Å². The molecule has 0 saturated heterocycles. The fraction of sp³-hybridized carbons (Fsp3) is 0.294. The van der Waals surface area contributed by atoms with E-state index >= 15 is 0 Å². The van der Waals surface area contributed by atoms with Gasteiger partial charge in [-0.15, -0.1) is 0 Å². The van der Waals surface area contributed by atoms with E-state index in [0.717, 1.165) is 22.3 Å². The zero-order chi connectivity index (χ0) is 16.4. The monoisotopic (exact) mass is 330 g/mol. The van der Waals surface area contributed by atoms with Gasteiger partial charge in [-0.3, -0.25) is 9.71 Å². The predicted octanol–water partition coefficient (Wildman–Crippen LogP) is 4.10. The molecule has 4 nitrogen and oxygen atoms in total. The van der Waals surface area contributed by atoms with Crippen LogP contribution in [0.1, 0.15) is 26.5 Å². The van der Waals surface area contributed by atoms with Gasteiger partial charge >= 0.3 is 0 Å². The Labute approximate surface area is 139 Å². The molecule has 0 aliphatic heterocycles. The second-order valence-corrected chi connectivity index (χ2v) is 8.02. The van der Waals surface area contributed by atoms with Crippen LogP contribution in [0.3, 0.4) is 0 Å². The number of rotatable bonds is 4. The summed E-state index contributed by atoms with van der Waals surface area (Å²) in [7, 11) is 0. The first-order valence-electron chi connectivity index (χ1n) is 7.42. The molecular weight excluding hydrogens is 311 g/mol. The Morgan fingerprint density at radius 3 is 2.61 bits per heavy atom. The third kappa shape index (κ3) is 3.89. The molecule has 0 atom stereocenters. The number of nitrogens with zero attached hydrogens (tertiary/aromatic N) is 3. The average Bonchev–Trinajstić information content (AvgIpc) is 2.90. The van der Waals surface area contributed by atoms with Crippen molar-refractivity contribution in [3.63, 3.8) is 0 Å². The van der Waals surface area contributed by atoms with Crippen LogP contribution in [0.5, 0.6) is 0 Å². The minimum atomic E-state index is -0.256. The van der Waals surface area contributed by atoms with Crippen molar-refractivity contribution < 1.29 is 4.39 Å². The van der Waals surface area contributed by atoms with Crippen LogP contribution in [0.15, 0.2) is 42.7 Å². The fourth-order valence-electron chi connectivity index (χ4n) is 2.18. The van der Waals surface area contributed by atoms with Crippen LogP contribution in [0, 0.1) is 5.82 Å². The number of hydrogen-bond acceptors (Lipinski definition) is 4. The van der Waals surface area contributed by atoms with Gasteiger partial charge in [-0.1, -0.05) is 11.9 Å². The highest BCUT2D eigenvalue weighted by atomic mass is 32.2. The number of pyridine rings is 1. The third-order valence-corrected chi connectivity index (χ3v) is 4.11. The number of benzene rings is 1. The highest BCUT2D eigenvalue weighted by Crippen LogP contribution is 2.21. The van der Waals surface area contributed by atoms with Crippen LogP contribution in [-0.2, 0) is 6.54 Å². The molecule has 2 heterocycles. The van der Waals surface area contributed by atoms with Gasteiger partial charge in [0.1, 0.15) is 5.82 Å². The maximum Gasteiger partial charge on any atom is 0.123 e. The summed E-state index contributed by atoms with van der Waals surface area (Å²) in [5.74, 6) is -0.256. The largest absolute Gasteiger partial charge is 0.258 e. The molecule has 0 unspecified atom stereocenters. The van der Waals surface area contributed by atoms with Crippen LogP contribution >= 0.6 is 11.9 Å². The first kappa shape index (κ1) is 16.0. The van der Waals surface area contributed by atoms with E-state index < -0.39 is 0 Å². The number of halogens is 1. The van der Waals surface area contributed by atoms with Crippen molar-refractivity contribution in [3.8, 4) is 5.69 Å². The van der Waals surface area contributed by atoms with Gasteiger partial charge in [-0.05, 0) is 51.1 Å². The van der Waals surface area contributed by atoms with Crippen molar-refractivity contribution in [2.24, 2.45) is 0 Å². The first-order valence-corrected chi connectivity index (χ1v) is 8.23. The van der Waals surface area contributed by atoms with Crippen molar-refractivity contribution in [1.29, 1.82) is 0 Å². The molecule has 6 heteroatoms. The Hall–Kier alpha value is -1.92. The second-order valence-electron chi connectivity index (χ2n) is 6.30. The summed E-state index contributed by atoms with van der Waals surface area (Å²) in [6.07, 6.45) is 3.62. The molecular formula is C17H19FN4S. The van der Waals surface area contributed by atoms with E-state index in [1.54, 1.807) is 35.0 Å². The van der Waals surface area contributed by atoms with Crippen LogP contribution in [0.25, 0.3) is 16.6 Å². The summed E-state index contributed by atoms with van der Waals surface area (Å²) in [5, 5.41) is 5.40. The van der Waals surface area contributed by atoms with Crippen molar-refractivity contribution in [1.82, 2.24) is 19.5 Å². The standard InChI is InChI=1S/C17H19FN4S/c1-17(2,3)23-21-10-14-8-12-9-20-22(16(12)11-19-14)15-6-4-13(18)5-7-15/h4-9,11,21H,10H2,1-3H3. The van der Waals surface area contributed by atoms with E-state index in [9.17, 15) is 4.39 Å². The van der Waals surface area contributed by atoms with Gasteiger partial charge in [0, 0.05) is 16.7 Å². The summed E-state index contributed by atoms with van der Waals surface area (Å²) < 4.78 is 18.3. The van der Waals surface area contributed by atoms with E-state index in [-0.39, 0.29) is 10.6 Å². The molecule has 0 bridgehead atoms. The first-order chi connectivity index (χ1) is 10.9. The molecule has 0 amide bonds. The van der Waals surface area contributed by atoms with Gasteiger partial charge in [0.05, 0.1) is 29.3 Å². The minimum Gasteiger partial charge on any atom is -0.258 e. The molecule has 23 heavy (non-hydrogen) atoms. The highest BCUT2D eigenvalue weighted by molar-refractivity contribution is 7.98. The quantitative estimate of drug-likeness (QED) is 0.732. The lowest BCUT2D eigenvalue weighted by atomic mass is 10.2. The molecule has 0 saturated carbocycles. The molecule has 1 aromatic carbocycles. The Kier molecular flexibility index (Phi) is 4.37. The molecule has 3 rings (SSSR count). The molecule has 0 radical (unpaired) electrons. The van der Waals surface area contributed by atoms with E-state index in [1.165, 1.54) is 12.1 Å². The third-order valence-electron chi connectivity index (χ3n) is 3.21. The Morgan fingerprint density at radius 1 is 1.17 bits per heavy atom. The number of aromatic nitrogens is 3. The minimum absolute atomic E-state index is 0.164. The topological polar surface area (TPSA) is 42.7 Å². The fourth-order valence-corrected chi connectivity index (χ4v) is 2.84. The zero-order valence-corrected chi connectivity index (χ0v) is 14.2. The Bertz CT molecular complexity index is 806. The van der Waals surface area contributed by atoms with Crippen molar-refractivity contribution >= 4 is 22.9 Å². The van der Waals surface area contributed by atoms with Gasteiger partial charge in [-0.2, -0.15) is 5.10 Å². The van der Waals surface area contributed by atoms with E-state index in [0.29, 0.717) is 6.54 Å². The Morgan fingerprint density at radius 2 is 1.91 bits per heavy atom. The number of fused-ring (bicyclic) bond motifs is 1. The molecule has 0 aliphatic rings. The maximum atomic E-state index is 13.0. The highest BCUT2D eigenvalue weighted by Gasteiger charge is 2.11. The SMILES string of the molecule is CC(C)(C)SNCc1cc2cnn(-c3ccc(F)cc3)c2cn1. The predicted molar refractivity (Wildman–Crippen MR) is 93.0 cm³/mol. The molecule has 1 N–H and O–H groups in total. The van der Waals surface area contributed by atoms with E-state index in [2.05, 4.69) is 35.6 Å². The lowest BCUT2D eigenvalue weighted by molar-refractivity contribution is 0.627. The summed E-state index contributed by atoms with van der Waals surface area (Å²) in [4.78, 5) is 4.49. The average molecular weight is 330 g/mol. The van der Waals surface area contributed by atoms with Crippen LogP contribution in [0.2, 0.25) is 0 Å². The summed E-state index contributed by atoms with van der Waals surface area (Å²) >= 11 is 1.69. The van der Waals surface area contributed by atoms with Gasteiger partial charge < -0.3 is 0 Å². The number of nitrogens with one attached hydrogen (secondary N) is 1. The van der Waals surface area contributed by atoms with Crippen LogP contribution in [-0.4, -0.2) is 19.5 Å². The normalized spacial score (nSPS) is 12.0. The zero-order valence-electron chi connectivity index (χ0n) is 13.4. The second kappa shape index (κ2) is 6.29. The van der Waals surface area contributed by atoms with Crippen molar-refractivity contribution in [3.05, 3.63) is 54.2 Å². The lowest BCUT2D eigenvalue weighted by Crippen LogP contribution is -2.17. The van der Waals surface area contributed by atoms with Gasteiger partial charge in [-0.25, -0.2) is 9.07 Å². The van der Waals surface area contributed by atoms with Crippen molar-refractivity contribution in [2.45, 2.75) is 32.1 Å². The molecule has 2 aromatic heterocycles. The van der Waals surface area contributed by atoms with E-state index in [4.69, 9.17) is 0 Å². The Balaban J connectivity index is 1.81.